The molecule has 0 aliphatic carbocycles. The van der Waals surface area contributed by atoms with Gasteiger partial charge < -0.3 is 0 Å². The molecule has 0 spiro atoms. The van der Waals surface area contributed by atoms with Crippen molar-refractivity contribution in [3.05, 3.63) is 93.7 Å². The van der Waals surface area contributed by atoms with Crippen LogP contribution in [0.2, 0.25) is 0 Å². The number of hydrogen-bond acceptors (Lipinski definition) is 2. The van der Waals surface area contributed by atoms with Crippen LogP contribution in [0.1, 0.15) is 21.6 Å². The molecule has 0 amide bonds. The molecule has 25 heavy (non-hydrogen) atoms. The van der Waals surface area contributed by atoms with Gasteiger partial charge in [-0.3, -0.25) is 0 Å². The number of rotatable bonds is 7. The van der Waals surface area contributed by atoms with Crippen LogP contribution in [-0.2, 0) is 33.2 Å². The summed E-state index contributed by atoms with van der Waals surface area (Å²) >= 11 is -0.0331. The summed E-state index contributed by atoms with van der Waals surface area (Å²) < 4.78 is 2.04. The third-order valence-electron chi connectivity index (χ3n) is 3.84. The molecule has 0 fully saturated rings. The van der Waals surface area contributed by atoms with Gasteiger partial charge in [-0.25, -0.2) is 0 Å². The fourth-order valence-corrected chi connectivity index (χ4v) is 5.36. The van der Waals surface area contributed by atoms with E-state index in [1.807, 2.05) is 10.7 Å². The van der Waals surface area contributed by atoms with Crippen molar-refractivity contribution in [1.29, 1.82) is 0 Å². The van der Waals surface area contributed by atoms with Crippen molar-refractivity contribution in [3.63, 3.8) is 0 Å². The Labute approximate surface area is 166 Å². The van der Waals surface area contributed by atoms with E-state index in [1.165, 1.54) is 16.0 Å². The molecule has 1 aromatic heterocycles. The summed E-state index contributed by atoms with van der Waals surface area (Å²) in [4.78, 5) is 3.84. The van der Waals surface area contributed by atoms with E-state index in [0.29, 0.717) is 0 Å². The summed E-state index contributed by atoms with van der Waals surface area (Å²) in [6.07, 6.45) is 0. The molecule has 1 nitrogen and oxygen atoms in total. The van der Waals surface area contributed by atoms with Gasteiger partial charge in [-0.05, 0) is 0 Å². The van der Waals surface area contributed by atoms with E-state index in [1.54, 1.807) is 11.3 Å². The molecule has 0 aliphatic heterocycles. The van der Waals surface area contributed by atoms with Crippen molar-refractivity contribution in [2.24, 2.45) is 0 Å². The molecule has 5 heteroatoms. The molecule has 0 saturated heterocycles. The van der Waals surface area contributed by atoms with Gasteiger partial charge in [0.05, 0.1) is 0 Å². The molecule has 0 radical (unpaired) electrons. The first-order valence-corrected chi connectivity index (χ1v) is 14.3. The summed E-state index contributed by atoms with van der Waals surface area (Å²) in [6.45, 7) is 2.72. The van der Waals surface area contributed by atoms with Crippen LogP contribution < -0.4 is 0 Å². The summed E-state index contributed by atoms with van der Waals surface area (Å²) in [5.41, 5.74) is 3.76. The Morgan fingerprint density at radius 1 is 0.840 bits per heavy atom. The zero-order valence-corrected chi connectivity index (χ0v) is 17.7. The van der Waals surface area contributed by atoms with E-state index in [9.17, 15) is 0 Å². The van der Waals surface area contributed by atoms with Crippen LogP contribution in [0.25, 0.3) is 0 Å². The average Bonchev–Trinajstić information content (AvgIpc) is 3.10. The van der Waals surface area contributed by atoms with Crippen molar-refractivity contribution in [2.45, 2.75) is 19.6 Å². The first-order chi connectivity index (χ1) is 12.2. The Kier molecular flexibility index (Phi) is 7.39. The quantitative estimate of drug-likeness (QED) is 0.376. The normalized spacial score (nSPS) is 11.6. The third kappa shape index (κ3) is 6.13. The maximum atomic E-state index is 6.11. The zero-order chi connectivity index (χ0) is 17.5. The van der Waals surface area contributed by atoms with Gasteiger partial charge in [0.2, 0.25) is 0 Å². The molecular weight excluding hydrogens is 458 g/mol. The molecule has 0 aliphatic rings. The molecule has 2 aromatic carbocycles. The van der Waals surface area contributed by atoms with Gasteiger partial charge in [0, 0.05) is 0 Å². The monoisotopic (exact) mass is 477 g/mol. The van der Waals surface area contributed by atoms with Gasteiger partial charge in [0.1, 0.15) is 0 Å². The number of halogens is 2. The second-order valence-electron chi connectivity index (χ2n) is 5.72. The van der Waals surface area contributed by atoms with Crippen LogP contribution in [0.15, 0.2) is 72.1 Å². The predicted octanol–water partition coefficient (Wildman–Crippen LogP) is 6.03. The summed E-state index contributed by atoms with van der Waals surface area (Å²) in [7, 11) is 12.2. The van der Waals surface area contributed by atoms with Crippen molar-refractivity contribution < 1.29 is 13.5 Å². The number of benzene rings is 2. The van der Waals surface area contributed by atoms with Crippen molar-refractivity contribution in [2.75, 3.05) is 0 Å². The average molecular weight is 477 g/mol. The fraction of sp³-hybridized carbons (Fsp3) is 0.150. The summed E-state index contributed by atoms with van der Waals surface area (Å²) in [5.74, 6) is 0. The molecule has 0 bridgehead atoms. The van der Waals surface area contributed by atoms with Gasteiger partial charge in [-0.1, -0.05) is 0 Å². The Hall–Kier alpha value is -0.827. The molecule has 3 rings (SSSR count). The molecule has 1 heterocycles. The van der Waals surface area contributed by atoms with E-state index >= 15 is 0 Å². The van der Waals surface area contributed by atoms with E-state index in [-0.39, 0.29) is 0 Å². The van der Waals surface area contributed by atoms with Crippen molar-refractivity contribution in [1.82, 2.24) is 4.90 Å². The Morgan fingerprint density at radius 2 is 1.60 bits per heavy atom. The van der Waals surface area contributed by atoms with Crippen LogP contribution in [0.4, 0.5) is 0 Å². The van der Waals surface area contributed by atoms with E-state index in [2.05, 4.69) is 70.9 Å². The fourth-order valence-electron chi connectivity index (χ4n) is 2.73. The van der Waals surface area contributed by atoms with Crippen LogP contribution in [0, 0.1) is 0 Å². The van der Waals surface area contributed by atoms with Crippen LogP contribution in [-0.4, -0.2) is 9.51 Å². The number of hydrogen-bond donors (Lipinski definition) is 0. The van der Waals surface area contributed by atoms with E-state index < -0.39 is 13.5 Å². The van der Waals surface area contributed by atoms with Gasteiger partial charge in [0.15, 0.2) is 0 Å². The molecule has 0 N–H and O–H groups in total. The Balaban J connectivity index is 1.83. The Morgan fingerprint density at radius 3 is 2.32 bits per heavy atom. The van der Waals surface area contributed by atoms with Gasteiger partial charge >= 0.3 is 167 Å². The second-order valence-corrected chi connectivity index (χ2v) is 12.5. The molecule has 132 valence electrons. The van der Waals surface area contributed by atoms with Crippen LogP contribution in [0.3, 0.4) is 0 Å². The molecule has 0 saturated carbocycles. The van der Waals surface area contributed by atoms with Crippen LogP contribution >= 0.6 is 30.7 Å². The summed E-state index contributed by atoms with van der Waals surface area (Å²) in [5, 5.41) is 2.13. The zero-order valence-electron chi connectivity index (χ0n) is 13.6. The first-order valence-electron chi connectivity index (χ1n) is 7.90. The van der Waals surface area contributed by atoms with Gasteiger partial charge in [-0.2, -0.15) is 0 Å². The van der Waals surface area contributed by atoms with Gasteiger partial charge in [-0.15, -0.1) is 0 Å². The molecule has 0 unspecified atom stereocenters. The summed E-state index contributed by atoms with van der Waals surface area (Å²) in [6, 6.07) is 23.3. The minimum absolute atomic E-state index is 0.870. The van der Waals surface area contributed by atoms with Crippen molar-refractivity contribution >= 4 is 35.3 Å². The molecular formula is C20H19Cl2NRuS. The SMILES string of the molecule is [Cl][Ru]([Cl])=[CH]c1ccccc1CN(Cc1ccccc1)Cc1cccs1. The third-order valence-corrected chi connectivity index (χ3v) is 6.54. The second kappa shape index (κ2) is 9.76. The van der Waals surface area contributed by atoms with Crippen LogP contribution in [0.5, 0.6) is 0 Å². The van der Waals surface area contributed by atoms with Crippen molar-refractivity contribution in [3.8, 4) is 0 Å². The minimum atomic E-state index is -1.84. The Bertz CT molecular complexity index is 815. The van der Waals surface area contributed by atoms with E-state index in [0.717, 1.165) is 25.2 Å². The first kappa shape index (κ1) is 18.9. The topological polar surface area (TPSA) is 3.24 Å². The van der Waals surface area contributed by atoms with Gasteiger partial charge in [0.25, 0.3) is 0 Å². The predicted molar refractivity (Wildman–Crippen MR) is 107 cm³/mol. The molecule has 0 atom stereocenters. The van der Waals surface area contributed by atoms with E-state index in [4.69, 9.17) is 19.4 Å². The standard InChI is InChI=1S/C20H19NS.2ClH.Ru/c1-17-8-5-6-11-19(17)15-21(16-20-12-7-13-22-20)14-18-9-3-2-4-10-18;;;/h1-13H,14-16H2;2*1H;/q;;;+2/p-2. The maximum absolute atomic E-state index is 6.11. The molecule has 3 aromatic rings. The number of nitrogens with zero attached hydrogens (tertiary/aromatic N) is 1. The number of thiophene rings is 1.